The lowest BCUT2D eigenvalue weighted by atomic mass is 10.1. The number of carbonyl (C=O) groups is 2. The summed E-state index contributed by atoms with van der Waals surface area (Å²) in [5.41, 5.74) is 0.832. The number of carbonyl (C=O) groups excluding carboxylic acids is 2. The summed E-state index contributed by atoms with van der Waals surface area (Å²) < 4.78 is 26.3. The molecule has 0 heterocycles. The fourth-order valence-corrected chi connectivity index (χ4v) is 5.83. The Morgan fingerprint density at radius 1 is 0.973 bits per heavy atom. The fourth-order valence-electron chi connectivity index (χ4n) is 4.38. The van der Waals surface area contributed by atoms with Crippen molar-refractivity contribution in [2.75, 3.05) is 17.1 Å². The summed E-state index contributed by atoms with van der Waals surface area (Å²) in [5.74, 6) is -0.834. The third-order valence-electron chi connectivity index (χ3n) is 6.29. The number of anilines is 1. The van der Waals surface area contributed by atoms with Gasteiger partial charge in [-0.15, -0.1) is 0 Å². The first-order valence-electron chi connectivity index (χ1n) is 11.9. The van der Waals surface area contributed by atoms with Crippen LogP contribution in [0, 0.1) is 0 Å². The quantitative estimate of drug-likeness (QED) is 0.362. The van der Waals surface area contributed by atoms with E-state index in [-0.39, 0.29) is 34.2 Å². The largest absolute Gasteiger partial charge is 0.352 e. The predicted molar refractivity (Wildman–Crippen MR) is 150 cm³/mol. The van der Waals surface area contributed by atoms with Crippen LogP contribution in [0.3, 0.4) is 0 Å². The minimum absolute atomic E-state index is 0.0330. The Kier molecular flexibility index (Phi) is 10.4. The van der Waals surface area contributed by atoms with Gasteiger partial charge in [0.05, 0.1) is 32.0 Å². The first-order chi connectivity index (χ1) is 17.4. The summed E-state index contributed by atoms with van der Waals surface area (Å²) in [6, 6.07) is 8.49. The molecule has 1 atom stereocenters. The average Bonchev–Trinajstić information content (AvgIpc) is 3.33. The SMILES string of the molecule is CC[C@H](C(=O)NC1CCCC1)N(Cc1ccc(Cl)c(Cl)c1)C(=O)CN(c1ccc(Cl)c(Cl)c1)S(C)(=O)=O. The molecule has 0 aromatic heterocycles. The molecule has 2 aromatic rings. The Hall–Kier alpha value is -1.71. The number of hydrogen-bond acceptors (Lipinski definition) is 4. The highest BCUT2D eigenvalue weighted by Crippen LogP contribution is 2.29. The molecule has 12 heteroatoms. The maximum atomic E-state index is 13.7. The van der Waals surface area contributed by atoms with E-state index in [2.05, 4.69) is 5.32 Å². The molecule has 7 nitrogen and oxygen atoms in total. The first-order valence-corrected chi connectivity index (χ1v) is 15.2. The van der Waals surface area contributed by atoms with Gasteiger partial charge in [0.1, 0.15) is 12.6 Å². The summed E-state index contributed by atoms with van der Waals surface area (Å²) in [6.45, 7) is 1.30. The van der Waals surface area contributed by atoms with Gasteiger partial charge in [0.2, 0.25) is 21.8 Å². The molecule has 1 N–H and O–H groups in total. The number of halogens is 4. The Labute approximate surface area is 238 Å². The van der Waals surface area contributed by atoms with Crippen LogP contribution >= 0.6 is 46.4 Å². The molecule has 0 spiro atoms. The van der Waals surface area contributed by atoms with Gasteiger partial charge in [-0.2, -0.15) is 0 Å². The minimum atomic E-state index is -3.89. The highest BCUT2D eigenvalue weighted by Gasteiger charge is 2.33. The maximum absolute atomic E-state index is 13.7. The molecule has 37 heavy (non-hydrogen) atoms. The second kappa shape index (κ2) is 12.9. The molecule has 0 saturated heterocycles. The molecular formula is C25H29Cl4N3O4S. The van der Waals surface area contributed by atoms with Crippen molar-refractivity contribution in [3.63, 3.8) is 0 Å². The normalized spacial score (nSPS) is 14.9. The molecule has 3 rings (SSSR count). The van der Waals surface area contributed by atoms with E-state index in [1.807, 2.05) is 0 Å². The van der Waals surface area contributed by atoms with Crippen molar-refractivity contribution in [2.45, 2.75) is 57.7 Å². The predicted octanol–water partition coefficient (Wildman–Crippen LogP) is 5.93. The third kappa shape index (κ3) is 7.90. The highest BCUT2D eigenvalue weighted by atomic mass is 35.5. The molecule has 1 fully saturated rings. The fraction of sp³-hybridized carbons (Fsp3) is 0.440. The van der Waals surface area contributed by atoms with Crippen LogP contribution in [-0.2, 0) is 26.2 Å². The average molecular weight is 609 g/mol. The van der Waals surface area contributed by atoms with Crippen molar-refractivity contribution in [1.29, 1.82) is 0 Å². The molecule has 1 aliphatic carbocycles. The van der Waals surface area contributed by atoms with Gasteiger partial charge in [-0.25, -0.2) is 8.42 Å². The van der Waals surface area contributed by atoms with Gasteiger partial charge < -0.3 is 10.2 Å². The molecule has 0 bridgehead atoms. The van der Waals surface area contributed by atoms with Crippen LogP contribution in [0.4, 0.5) is 5.69 Å². The Morgan fingerprint density at radius 3 is 2.11 bits per heavy atom. The van der Waals surface area contributed by atoms with Gasteiger partial charge in [-0.1, -0.05) is 72.2 Å². The Morgan fingerprint density at radius 2 is 1.57 bits per heavy atom. The van der Waals surface area contributed by atoms with Gasteiger partial charge in [0.25, 0.3) is 0 Å². The van der Waals surface area contributed by atoms with Gasteiger partial charge in [0, 0.05) is 12.6 Å². The lowest BCUT2D eigenvalue weighted by Gasteiger charge is -2.33. The van der Waals surface area contributed by atoms with E-state index in [0.29, 0.717) is 22.0 Å². The molecular weight excluding hydrogens is 580 g/mol. The summed E-state index contributed by atoms with van der Waals surface area (Å²) in [5, 5.41) is 4.12. The van der Waals surface area contributed by atoms with E-state index in [0.717, 1.165) is 36.2 Å². The second-order valence-electron chi connectivity index (χ2n) is 9.05. The summed E-state index contributed by atoms with van der Waals surface area (Å²) in [6.07, 6.45) is 5.19. The number of nitrogens with zero attached hydrogens (tertiary/aromatic N) is 2. The van der Waals surface area contributed by atoms with Crippen molar-refractivity contribution in [1.82, 2.24) is 10.2 Å². The molecule has 2 amide bonds. The highest BCUT2D eigenvalue weighted by molar-refractivity contribution is 7.92. The van der Waals surface area contributed by atoms with Crippen molar-refractivity contribution in [2.24, 2.45) is 0 Å². The van der Waals surface area contributed by atoms with Crippen LogP contribution in [0.15, 0.2) is 36.4 Å². The van der Waals surface area contributed by atoms with E-state index in [1.165, 1.54) is 23.1 Å². The number of hydrogen-bond donors (Lipinski definition) is 1. The number of benzene rings is 2. The molecule has 1 aliphatic rings. The summed E-state index contributed by atoms with van der Waals surface area (Å²) >= 11 is 24.4. The van der Waals surface area contributed by atoms with Gasteiger partial charge in [0.15, 0.2) is 0 Å². The Bertz CT molecular complexity index is 1250. The van der Waals surface area contributed by atoms with E-state index >= 15 is 0 Å². The lowest BCUT2D eigenvalue weighted by Crippen LogP contribution is -2.53. The minimum Gasteiger partial charge on any atom is -0.352 e. The third-order valence-corrected chi connectivity index (χ3v) is 8.91. The van der Waals surface area contributed by atoms with Crippen molar-refractivity contribution < 1.29 is 18.0 Å². The number of rotatable bonds is 10. The van der Waals surface area contributed by atoms with E-state index in [4.69, 9.17) is 46.4 Å². The van der Waals surface area contributed by atoms with Crippen LogP contribution in [0.1, 0.15) is 44.6 Å². The molecule has 2 aromatic carbocycles. The summed E-state index contributed by atoms with van der Waals surface area (Å²) in [4.78, 5) is 28.4. The number of sulfonamides is 1. The zero-order valence-corrected chi connectivity index (χ0v) is 24.4. The van der Waals surface area contributed by atoms with Crippen molar-refractivity contribution in [3.8, 4) is 0 Å². The molecule has 1 saturated carbocycles. The monoisotopic (exact) mass is 607 g/mol. The van der Waals surface area contributed by atoms with E-state index in [1.54, 1.807) is 25.1 Å². The van der Waals surface area contributed by atoms with Crippen LogP contribution in [-0.4, -0.2) is 50.0 Å². The van der Waals surface area contributed by atoms with Crippen molar-refractivity contribution in [3.05, 3.63) is 62.1 Å². The van der Waals surface area contributed by atoms with Crippen LogP contribution in [0.5, 0.6) is 0 Å². The van der Waals surface area contributed by atoms with Crippen LogP contribution in [0.25, 0.3) is 0 Å². The van der Waals surface area contributed by atoms with Crippen LogP contribution in [0.2, 0.25) is 20.1 Å². The van der Waals surface area contributed by atoms with Crippen LogP contribution < -0.4 is 9.62 Å². The first kappa shape index (κ1) is 29.8. The van der Waals surface area contributed by atoms with Gasteiger partial charge >= 0.3 is 0 Å². The molecule has 202 valence electrons. The topological polar surface area (TPSA) is 86.8 Å². The van der Waals surface area contributed by atoms with Gasteiger partial charge in [-0.05, 0) is 55.2 Å². The number of amides is 2. The summed E-state index contributed by atoms with van der Waals surface area (Å²) in [7, 11) is -3.89. The Balaban J connectivity index is 1.95. The van der Waals surface area contributed by atoms with E-state index < -0.39 is 28.5 Å². The smallest absolute Gasteiger partial charge is 0.244 e. The lowest BCUT2D eigenvalue weighted by molar-refractivity contribution is -0.140. The van der Waals surface area contributed by atoms with E-state index in [9.17, 15) is 18.0 Å². The second-order valence-corrected chi connectivity index (χ2v) is 12.6. The molecule has 0 radical (unpaired) electrons. The van der Waals surface area contributed by atoms with Gasteiger partial charge in [-0.3, -0.25) is 13.9 Å². The zero-order valence-electron chi connectivity index (χ0n) is 20.5. The standard InChI is InChI=1S/C25H29Cl4N3O4S/c1-3-23(25(34)30-17-6-4-5-7-17)31(14-16-8-10-19(26)21(28)12-16)24(33)15-32(37(2,35)36)18-9-11-20(27)22(29)13-18/h8-13,17,23H,3-7,14-15H2,1-2H3,(H,30,34)/t23-/m1/s1. The maximum Gasteiger partial charge on any atom is 0.244 e. The van der Waals surface area contributed by atoms with Crippen molar-refractivity contribution >= 4 is 73.9 Å². The molecule has 0 unspecified atom stereocenters. The number of nitrogens with one attached hydrogen (secondary N) is 1. The zero-order chi connectivity index (χ0) is 27.3. The molecule has 0 aliphatic heterocycles.